The van der Waals surface area contributed by atoms with E-state index in [2.05, 4.69) is 11.9 Å². The highest BCUT2D eigenvalue weighted by atomic mass is 32.2. The number of allylic oxidation sites excluding steroid dienone is 1. The van der Waals surface area contributed by atoms with Crippen molar-refractivity contribution in [2.45, 2.75) is 18.9 Å². The Labute approximate surface area is 95.3 Å². The van der Waals surface area contributed by atoms with Gasteiger partial charge >= 0.3 is 0 Å². The standard InChI is InChI=1S/C11H18N2OS/c1-2-9-3-5-13(6-4-9)11(14)10-7-15-8-12-10/h2,9-10,12H,1,3-8H2. The molecule has 0 bridgehead atoms. The summed E-state index contributed by atoms with van der Waals surface area (Å²) in [5.74, 6) is 2.75. The van der Waals surface area contributed by atoms with Gasteiger partial charge in [-0.05, 0) is 18.8 Å². The number of piperidine rings is 1. The van der Waals surface area contributed by atoms with Crippen LogP contribution in [0.5, 0.6) is 0 Å². The molecule has 0 aromatic carbocycles. The van der Waals surface area contributed by atoms with Crippen LogP contribution in [-0.2, 0) is 4.79 Å². The van der Waals surface area contributed by atoms with E-state index in [4.69, 9.17) is 0 Å². The van der Waals surface area contributed by atoms with Crippen LogP contribution >= 0.6 is 11.8 Å². The maximum Gasteiger partial charge on any atom is 0.240 e. The summed E-state index contributed by atoms with van der Waals surface area (Å²) >= 11 is 1.80. The second-order valence-corrected chi connectivity index (χ2v) is 5.20. The third-order valence-electron chi connectivity index (χ3n) is 3.20. The van der Waals surface area contributed by atoms with Crippen LogP contribution in [0.15, 0.2) is 12.7 Å². The van der Waals surface area contributed by atoms with Gasteiger partial charge in [-0.2, -0.15) is 0 Å². The zero-order chi connectivity index (χ0) is 10.7. The molecule has 0 spiro atoms. The topological polar surface area (TPSA) is 32.3 Å². The minimum Gasteiger partial charge on any atom is -0.341 e. The van der Waals surface area contributed by atoms with Crippen molar-refractivity contribution >= 4 is 17.7 Å². The first-order valence-corrected chi connectivity index (χ1v) is 6.69. The molecule has 0 radical (unpaired) electrons. The molecule has 0 aromatic heterocycles. The number of amides is 1. The molecular formula is C11H18N2OS. The molecule has 2 rings (SSSR count). The lowest BCUT2D eigenvalue weighted by Crippen LogP contribution is -2.47. The molecule has 4 heteroatoms. The summed E-state index contributed by atoms with van der Waals surface area (Å²) in [5, 5.41) is 3.23. The van der Waals surface area contributed by atoms with E-state index in [0.717, 1.165) is 37.6 Å². The molecule has 0 saturated carbocycles. The fourth-order valence-electron chi connectivity index (χ4n) is 2.13. The third kappa shape index (κ3) is 2.55. The van der Waals surface area contributed by atoms with Gasteiger partial charge in [0.25, 0.3) is 0 Å². The maximum absolute atomic E-state index is 12.0. The molecule has 2 heterocycles. The molecule has 84 valence electrons. The van der Waals surface area contributed by atoms with Crippen molar-refractivity contribution in [3.05, 3.63) is 12.7 Å². The van der Waals surface area contributed by atoms with Crippen molar-refractivity contribution in [2.75, 3.05) is 24.7 Å². The highest BCUT2D eigenvalue weighted by Crippen LogP contribution is 2.20. The Bertz CT molecular complexity index is 243. The van der Waals surface area contributed by atoms with Gasteiger partial charge in [-0.1, -0.05) is 6.08 Å². The van der Waals surface area contributed by atoms with Crippen molar-refractivity contribution in [1.82, 2.24) is 10.2 Å². The Morgan fingerprint density at radius 3 is 2.73 bits per heavy atom. The number of hydrogen-bond donors (Lipinski definition) is 1. The van der Waals surface area contributed by atoms with E-state index in [1.54, 1.807) is 11.8 Å². The van der Waals surface area contributed by atoms with Crippen molar-refractivity contribution in [3.63, 3.8) is 0 Å². The third-order valence-corrected chi connectivity index (χ3v) is 4.14. The summed E-state index contributed by atoms with van der Waals surface area (Å²) in [4.78, 5) is 14.0. The van der Waals surface area contributed by atoms with Gasteiger partial charge in [0, 0.05) is 24.7 Å². The molecule has 2 saturated heterocycles. The summed E-state index contributed by atoms with van der Waals surface area (Å²) in [6, 6.07) is 0.0651. The van der Waals surface area contributed by atoms with E-state index in [-0.39, 0.29) is 6.04 Å². The van der Waals surface area contributed by atoms with Gasteiger partial charge in [0.05, 0.1) is 6.04 Å². The van der Waals surface area contributed by atoms with E-state index in [1.807, 2.05) is 11.0 Å². The number of rotatable bonds is 2. The lowest BCUT2D eigenvalue weighted by Gasteiger charge is -2.32. The van der Waals surface area contributed by atoms with E-state index < -0.39 is 0 Å². The number of carbonyl (C=O) groups is 1. The average molecular weight is 226 g/mol. The van der Waals surface area contributed by atoms with Crippen LogP contribution in [0, 0.1) is 5.92 Å². The molecular weight excluding hydrogens is 208 g/mol. The molecule has 1 amide bonds. The number of nitrogens with zero attached hydrogens (tertiary/aromatic N) is 1. The normalized spacial score (nSPS) is 28.0. The molecule has 1 unspecified atom stereocenters. The molecule has 1 atom stereocenters. The molecule has 3 nitrogen and oxygen atoms in total. The van der Waals surface area contributed by atoms with E-state index >= 15 is 0 Å². The Morgan fingerprint density at radius 1 is 1.47 bits per heavy atom. The minimum atomic E-state index is 0.0651. The first-order valence-electron chi connectivity index (χ1n) is 5.53. The number of carbonyl (C=O) groups excluding carboxylic acids is 1. The second kappa shape index (κ2) is 5.03. The zero-order valence-electron chi connectivity index (χ0n) is 8.95. The lowest BCUT2D eigenvalue weighted by molar-refractivity contribution is -0.133. The van der Waals surface area contributed by atoms with Crippen LogP contribution in [0.1, 0.15) is 12.8 Å². The van der Waals surface area contributed by atoms with E-state index in [9.17, 15) is 4.79 Å². The highest BCUT2D eigenvalue weighted by Gasteiger charge is 2.29. The predicted molar refractivity (Wildman–Crippen MR) is 63.7 cm³/mol. The Kier molecular flexibility index (Phi) is 3.70. The molecule has 1 N–H and O–H groups in total. The van der Waals surface area contributed by atoms with Crippen molar-refractivity contribution < 1.29 is 4.79 Å². The predicted octanol–water partition coefficient (Wildman–Crippen LogP) is 1.07. The molecule has 2 fully saturated rings. The average Bonchev–Trinajstić information content (AvgIpc) is 2.82. The summed E-state index contributed by atoms with van der Waals surface area (Å²) in [7, 11) is 0. The van der Waals surface area contributed by atoms with Gasteiger partial charge in [0.2, 0.25) is 5.91 Å². The van der Waals surface area contributed by atoms with E-state index in [0.29, 0.717) is 11.8 Å². The summed E-state index contributed by atoms with van der Waals surface area (Å²) in [6.45, 7) is 5.61. The van der Waals surface area contributed by atoms with Crippen molar-refractivity contribution in [1.29, 1.82) is 0 Å². The van der Waals surface area contributed by atoms with Gasteiger partial charge in [0.15, 0.2) is 0 Å². The molecule has 0 aliphatic carbocycles. The SMILES string of the molecule is C=CC1CCN(C(=O)C2CSCN2)CC1. The number of likely N-dealkylation sites (tertiary alicyclic amines) is 1. The largest absolute Gasteiger partial charge is 0.341 e. The summed E-state index contributed by atoms with van der Waals surface area (Å²) in [6.07, 6.45) is 4.18. The number of thioether (sulfide) groups is 1. The quantitative estimate of drug-likeness (QED) is 0.715. The summed E-state index contributed by atoms with van der Waals surface area (Å²) < 4.78 is 0. The first kappa shape index (κ1) is 11.0. The highest BCUT2D eigenvalue weighted by molar-refractivity contribution is 7.99. The molecule has 2 aliphatic heterocycles. The van der Waals surface area contributed by atoms with Crippen LogP contribution in [0.25, 0.3) is 0 Å². The molecule has 15 heavy (non-hydrogen) atoms. The van der Waals surface area contributed by atoms with Crippen molar-refractivity contribution in [2.24, 2.45) is 5.92 Å². The van der Waals surface area contributed by atoms with Gasteiger partial charge in [-0.25, -0.2) is 0 Å². The molecule has 2 aliphatic rings. The Hall–Kier alpha value is -0.480. The fraction of sp³-hybridized carbons (Fsp3) is 0.727. The fourth-order valence-corrected chi connectivity index (χ4v) is 3.06. The first-order chi connectivity index (χ1) is 7.31. The van der Waals surface area contributed by atoms with Crippen LogP contribution in [-0.4, -0.2) is 41.6 Å². The lowest BCUT2D eigenvalue weighted by atomic mass is 9.97. The van der Waals surface area contributed by atoms with Crippen LogP contribution in [0.2, 0.25) is 0 Å². The van der Waals surface area contributed by atoms with Crippen molar-refractivity contribution in [3.8, 4) is 0 Å². The summed E-state index contributed by atoms with van der Waals surface area (Å²) in [5.41, 5.74) is 0. The van der Waals surface area contributed by atoms with Gasteiger partial charge < -0.3 is 4.90 Å². The second-order valence-electron chi connectivity index (χ2n) is 4.17. The molecule has 0 aromatic rings. The van der Waals surface area contributed by atoms with Gasteiger partial charge in [-0.15, -0.1) is 18.3 Å². The smallest absolute Gasteiger partial charge is 0.240 e. The van der Waals surface area contributed by atoms with E-state index in [1.165, 1.54) is 0 Å². The number of nitrogens with one attached hydrogen (secondary N) is 1. The monoisotopic (exact) mass is 226 g/mol. The number of hydrogen-bond acceptors (Lipinski definition) is 3. The van der Waals surface area contributed by atoms with Crippen LogP contribution < -0.4 is 5.32 Å². The Morgan fingerprint density at radius 2 is 2.20 bits per heavy atom. The van der Waals surface area contributed by atoms with Gasteiger partial charge in [0.1, 0.15) is 0 Å². The zero-order valence-corrected chi connectivity index (χ0v) is 9.76. The van der Waals surface area contributed by atoms with Crippen LogP contribution in [0.4, 0.5) is 0 Å². The minimum absolute atomic E-state index is 0.0651. The van der Waals surface area contributed by atoms with Gasteiger partial charge in [-0.3, -0.25) is 10.1 Å². The van der Waals surface area contributed by atoms with Crippen LogP contribution in [0.3, 0.4) is 0 Å². The Balaban J connectivity index is 1.84. The maximum atomic E-state index is 12.0.